The number of aromatic nitrogens is 1. The number of fused-ring (bicyclic) bond motifs is 1. The number of nitrogens with zero attached hydrogens (tertiary/aromatic N) is 4. The summed E-state index contributed by atoms with van der Waals surface area (Å²) in [5.74, 6) is 2.76. The van der Waals surface area contributed by atoms with Crippen molar-refractivity contribution in [2.75, 3.05) is 31.1 Å². The first-order valence-electron chi connectivity index (χ1n) is 7.79. The van der Waals surface area contributed by atoms with Gasteiger partial charge in [-0.15, -0.1) is 0 Å². The molecule has 1 aromatic rings. The Hall–Kier alpha value is -1.12. The van der Waals surface area contributed by atoms with Crippen LogP contribution in [0.25, 0.3) is 0 Å². The lowest BCUT2D eigenvalue weighted by molar-refractivity contribution is 0.190. The minimum absolute atomic E-state index is 0.660. The number of hydrogen-bond acceptors (Lipinski definition) is 4. The minimum Gasteiger partial charge on any atom is -0.352 e. The summed E-state index contributed by atoms with van der Waals surface area (Å²) in [4.78, 5) is 9.34. The van der Waals surface area contributed by atoms with E-state index in [9.17, 15) is 5.26 Å². The summed E-state index contributed by atoms with van der Waals surface area (Å²) in [6, 6.07) is 4.77. The van der Waals surface area contributed by atoms with Gasteiger partial charge in [-0.05, 0) is 46.7 Å². The largest absolute Gasteiger partial charge is 0.352 e. The van der Waals surface area contributed by atoms with Crippen LogP contribution in [0.2, 0.25) is 0 Å². The van der Waals surface area contributed by atoms with Crippen molar-refractivity contribution < 1.29 is 0 Å². The van der Waals surface area contributed by atoms with Gasteiger partial charge in [0.25, 0.3) is 0 Å². The van der Waals surface area contributed by atoms with Crippen LogP contribution in [0.4, 0.5) is 5.82 Å². The molecule has 2 saturated heterocycles. The molecule has 1 aliphatic carbocycles. The zero-order chi connectivity index (χ0) is 14.4. The van der Waals surface area contributed by atoms with Crippen LogP contribution >= 0.6 is 15.9 Å². The first-order valence-corrected chi connectivity index (χ1v) is 8.58. The molecule has 1 aromatic heterocycles. The first-order chi connectivity index (χ1) is 10.2. The summed E-state index contributed by atoms with van der Waals surface area (Å²) in [5, 5.41) is 9.25. The standard InChI is InChI=1S/C16H19BrN4/c17-14-4-13(5-18)16(19-6-14)21-9-15(10-21)20-7-11-2-1-3-12(11)8-20/h4,6,11-12,15H,1-3,7-10H2. The van der Waals surface area contributed by atoms with Crippen LogP contribution in [-0.4, -0.2) is 42.1 Å². The van der Waals surface area contributed by atoms with Crippen molar-refractivity contribution >= 4 is 21.7 Å². The monoisotopic (exact) mass is 346 g/mol. The molecule has 4 nitrogen and oxygen atoms in total. The molecule has 1 saturated carbocycles. The van der Waals surface area contributed by atoms with Gasteiger partial charge in [-0.1, -0.05) is 6.42 Å². The van der Waals surface area contributed by atoms with E-state index in [0.29, 0.717) is 11.6 Å². The fourth-order valence-electron chi connectivity index (χ4n) is 4.19. The molecule has 2 atom stereocenters. The van der Waals surface area contributed by atoms with Gasteiger partial charge in [0.2, 0.25) is 0 Å². The van der Waals surface area contributed by atoms with Gasteiger partial charge in [0.1, 0.15) is 11.9 Å². The number of likely N-dealkylation sites (tertiary alicyclic amines) is 1. The second kappa shape index (κ2) is 5.26. The van der Waals surface area contributed by atoms with Crippen molar-refractivity contribution in [2.45, 2.75) is 25.3 Å². The van der Waals surface area contributed by atoms with Crippen LogP contribution in [0, 0.1) is 23.2 Å². The van der Waals surface area contributed by atoms with Gasteiger partial charge in [0, 0.05) is 42.9 Å². The van der Waals surface area contributed by atoms with E-state index >= 15 is 0 Å². The van der Waals surface area contributed by atoms with Crippen molar-refractivity contribution in [3.8, 4) is 6.07 Å². The van der Waals surface area contributed by atoms with Gasteiger partial charge in [-0.25, -0.2) is 4.98 Å². The molecule has 0 radical (unpaired) electrons. The van der Waals surface area contributed by atoms with Crippen molar-refractivity contribution in [3.05, 3.63) is 22.3 Å². The molecule has 0 bridgehead atoms. The maximum Gasteiger partial charge on any atom is 0.146 e. The van der Waals surface area contributed by atoms with Crippen molar-refractivity contribution in [1.29, 1.82) is 5.26 Å². The average molecular weight is 347 g/mol. The highest BCUT2D eigenvalue weighted by molar-refractivity contribution is 9.10. The van der Waals surface area contributed by atoms with Crippen molar-refractivity contribution in [2.24, 2.45) is 11.8 Å². The third kappa shape index (κ3) is 2.35. The number of rotatable bonds is 2. The highest BCUT2D eigenvalue weighted by Gasteiger charge is 2.42. The molecule has 21 heavy (non-hydrogen) atoms. The Morgan fingerprint density at radius 1 is 1.19 bits per heavy atom. The Bertz CT molecular complexity index is 578. The van der Waals surface area contributed by atoms with Crippen LogP contribution in [0.1, 0.15) is 24.8 Å². The molecule has 2 aliphatic heterocycles. The Balaban J connectivity index is 1.41. The molecular formula is C16H19BrN4. The minimum atomic E-state index is 0.660. The van der Waals surface area contributed by atoms with Crippen molar-refractivity contribution in [1.82, 2.24) is 9.88 Å². The summed E-state index contributed by atoms with van der Waals surface area (Å²) >= 11 is 3.38. The Kier molecular flexibility index (Phi) is 3.39. The molecule has 0 spiro atoms. The Labute approximate surface area is 133 Å². The van der Waals surface area contributed by atoms with E-state index in [1.54, 1.807) is 6.20 Å². The molecule has 2 unspecified atom stereocenters. The first kappa shape index (κ1) is 13.5. The summed E-state index contributed by atoms with van der Waals surface area (Å²) in [6.07, 6.45) is 6.09. The molecule has 3 aliphatic rings. The maximum atomic E-state index is 9.25. The van der Waals surface area contributed by atoms with Gasteiger partial charge >= 0.3 is 0 Å². The normalized spacial score (nSPS) is 29.2. The summed E-state index contributed by atoms with van der Waals surface area (Å²) in [6.45, 7) is 4.62. The van der Waals surface area contributed by atoms with Gasteiger partial charge in [-0.3, -0.25) is 4.90 Å². The van der Waals surface area contributed by atoms with E-state index in [1.807, 2.05) is 6.07 Å². The SMILES string of the molecule is N#Cc1cc(Br)cnc1N1CC(N2CC3CCCC3C2)C1. The average Bonchev–Trinajstić information content (AvgIpc) is 2.99. The van der Waals surface area contributed by atoms with Crippen LogP contribution in [-0.2, 0) is 0 Å². The molecule has 3 heterocycles. The number of nitriles is 1. The van der Waals surface area contributed by atoms with E-state index in [2.05, 4.69) is 36.8 Å². The lowest BCUT2D eigenvalue weighted by Gasteiger charge is -2.45. The van der Waals surface area contributed by atoms with Crippen LogP contribution in [0.3, 0.4) is 0 Å². The topological polar surface area (TPSA) is 43.2 Å². The predicted molar refractivity (Wildman–Crippen MR) is 85.1 cm³/mol. The predicted octanol–water partition coefficient (Wildman–Crippen LogP) is 2.64. The van der Waals surface area contributed by atoms with Gasteiger partial charge in [0.15, 0.2) is 0 Å². The van der Waals surface area contributed by atoms with Gasteiger partial charge < -0.3 is 4.90 Å². The van der Waals surface area contributed by atoms with Gasteiger partial charge in [0.05, 0.1) is 5.56 Å². The van der Waals surface area contributed by atoms with Crippen LogP contribution < -0.4 is 4.90 Å². The molecule has 0 aromatic carbocycles. The van der Waals surface area contributed by atoms with Crippen molar-refractivity contribution in [3.63, 3.8) is 0 Å². The molecule has 3 fully saturated rings. The zero-order valence-electron chi connectivity index (χ0n) is 12.0. The second-order valence-electron chi connectivity index (χ2n) is 6.60. The zero-order valence-corrected chi connectivity index (χ0v) is 13.6. The molecule has 0 N–H and O–H groups in total. The lowest BCUT2D eigenvalue weighted by atomic mass is 10.0. The number of halogens is 1. The molecule has 4 rings (SSSR count). The number of pyridine rings is 1. The van der Waals surface area contributed by atoms with E-state index in [0.717, 1.165) is 35.2 Å². The summed E-state index contributed by atoms with van der Waals surface area (Å²) in [5.41, 5.74) is 0.668. The molecule has 0 amide bonds. The Morgan fingerprint density at radius 2 is 1.90 bits per heavy atom. The maximum absolute atomic E-state index is 9.25. The fourth-order valence-corrected chi connectivity index (χ4v) is 4.53. The van der Waals surface area contributed by atoms with E-state index in [1.165, 1.54) is 32.4 Å². The quantitative estimate of drug-likeness (QED) is 0.825. The third-order valence-corrected chi connectivity index (χ3v) is 5.82. The molecule has 5 heteroatoms. The number of anilines is 1. The fraction of sp³-hybridized carbons (Fsp3) is 0.625. The third-order valence-electron chi connectivity index (χ3n) is 5.39. The van der Waals surface area contributed by atoms with Gasteiger partial charge in [-0.2, -0.15) is 5.26 Å². The highest BCUT2D eigenvalue weighted by atomic mass is 79.9. The van der Waals surface area contributed by atoms with Crippen LogP contribution in [0.5, 0.6) is 0 Å². The van der Waals surface area contributed by atoms with E-state index < -0.39 is 0 Å². The molecular weight excluding hydrogens is 328 g/mol. The lowest BCUT2D eigenvalue weighted by Crippen LogP contribution is -2.59. The smallest absolute Gasteiger partial charge is 0.146 e. The van der Waals surface area contributed by atoms with Crippen LogP contribution in [0.15, 0.2) is 16.7 Å². The van der Waals surface area contributed by atoms with E-state index in [-0.39, 0.29) is 0 Å². The second-order valence-corrected chi connectivity index (χ2v) is 7.52. The molecule has 110 valence electrons. The summed E-state index contributed by atoms with van der Waals surface area (Å²) < 4.78 is 0.868. The summed E-state index contributed by atoms with van der Waals surface area (Å²) in [7, 11) is 0. The highest BCUT2D eigenvalue weighted by Crippen LogP contribution is 2.40. The van der Waals surface area contributed by atoms with E-state index in [4.69, 9.17) is 0 Å². The Morgan fingerprint density at radius 3 is 2.57 bits per heavy atom. The number of hydrogen-bond donors (Lipinski definition) is 0.